The Morgan fingerprint density at radius 3 is 2.00 bits per heavy atom. The smallest absolute Gasteiger partial charge is 0.550 e. The van der Waals surface area contributed by atoms with Gasteiger partial charge < -0.3 is 9.90 Å². The van der Waals surface area contributed by atoms with Crippen LogP contribution in [-0.2, 0) is 4.79 Å². The molecule has 1 aliphatic rings. The summed E-state index contributed by atoms with van der Waals surface area (Å²) < 4.78 is 0. The summed E-state index contributed by atoms with van der Waals surface area (Å²) in [6.45, 7) is 0. The zero-order valence-corrected chi connectivity index (χ0v) is 7.72. The third kappa shape index (κ3) is 2.70. The van der Waals surface area contributed by atoms with Crippen molar-refractivity contribution in [2.75, 3.05) is 0 Å². The summed E-state index contributed by atoms with van der Waals surface area (Å²) in [5.41, 5.74) is 0. The normalized spacial score (nSPS) is 19.1. The molecule has 0 unspecified atom stereocenters. The minimum absolute atomic E-state index is 0. The molecule has 0 aromatic rings. The van der Waals surface area contributed by atoms with Crippen LogP contribution in [0.3, 0.4) is 0 Å². The molecule has 0 amide bonds. The summed E-state index contributed by atoms with van der Waals surface area (Å²) in [5, 5.41) is 10.1. The predicted molar refractivity (Wildman–Crippen MR) is 27.0 cm³/mol. The average molecular weight is 136 g/mol. The Kier molecular flexibility index (Phi) is 4.54. The van der Waals surface area contributed by atoms with Crippen LogP contribution in [0, 0.1) is 5.92 Å². The maximum absolute atomic E-state index is 10.1. The quantitative estimate of drug-likeness (QED) is 0.359. The van der Waals surface area contributed by atoms with E-state index in [9.17, 15) is 9.90 Å². The second kappa shape index (κ2) is 4.31. The molecule has 0 atom stereocenters. The molecule has 2 nitrogen and oxygen atoms in total. The zero-order valence-electron chi connectivity index (χ0n) is 5.72. The predicted octanol–water partition coefficient (Wildman–Crippen LogP) is -3.07. The van der Waals surface area contributed by atoms with Crippen molar-refractivity contribution >= 4 is 5.97 Å². The second-order valence-electron chi connectivity index (χ2n) is 2.30. The van der Waals surface area contributed by atoms with Gasteiger partial charge in [0.25, 0.3) is 0 Å². The van der Waals surface area contributed by atoms with Crippen LogP contribution in [0.5, 0.6) is 0 Å². The number of hydrogen-bond donors (Lipinski definition) is 0. The monoisotopic (exact) mass is 136 g/mol. The number of carboxylic acid groups (broad SMARTS) is 1. The number of aliphatic carboxylic acids is 1. The molecule has 1 saturated carbocycles. The first-order chi connectivity index (χ1) is 3.80. The van der Waals surface area contributed by atoms with Crippen LogP contribution in [0.1, 0.15) is 25.7 Å². The number of carbonyl (C=O) groups excluding carboxylic acids is 1. The van der Waals surface area contributed by atoms with Gasteiger partial charge in [-0.2, -0.15) is 0 Å². The maximum Gasteiger partial charge on any atom is 1.00 e. The number of carbonyl (C=O) groups is 1. The molecule has 3 heteroatoms. The molecule has 46 valence electrons. The Morgan fingerprint density at radius 1 is 1.33 bits per heavy atom. The molecular weight excluding hydrogens is 127 g/mol. The molecule has 0 aliphatic heterocycles. The molecule has 1 aliphatic carbocycles. The van der Waals surface area contributed by atoms with Gasteiger partial charge in [0.05, 0.1) is 0 Å². The molecule has 0 bridgehead atoms. The molecule has 1 rings (SSSR count). The third-order valence-corrected chi connectivity index (χ3v) is 1.69. The van der Waals surface area contributed by atoms with Gasteiger partial charge >= 0.3 is 29.6 Å². The van der Waals surface area contributed by atoms with Gasteiger partial charge in [0.2, 0.25) is 0 Å². The first-order valence-corrected chi connectivity index (χ1v) is 3.01. The van der Waals surface area contributed by atoms with Crippen molar-refractivity contribution in [1.82, 2.24) is 0 Å². The van der Waals surface area contributed by atoms with Crippen molar-refractivity contribution in [2.24, 2.45) is 5.92 Å². The Bertz CT molecular complexity index is 97.2. The van der Waals surface area contributed by atoms with Gasteiger partial charge in [0, 0.05) is 5.97 Å². The van der Waals surface area contributed by atoms with Crippen molar-refractivity contribution < 1.29 is 39.5 Å². The molecule has 1 fully saturated rings. The van der Waals surface area contributed by atoms with Gasteiger partial charge in [-0.3, -0.25) is 0 Å². The van der Waals surface area contributed by atoms with E-state index in [0.29, 0.717) is 0 Å². The fourth-order valence-electron chi connectivity index (χ4n) is 1.16. The minimum atomic E-state index is -0.859. The Balaban J connectivity index is 0.000000640. The van der Waals surface area contributed by atoms with Crippen molar-refractivity contribution in [3.63, 3.8) is 0 Å². The summed E-state index contributed by atoms with van der Waals surface area (Å²) in [6.07, 6.45) is 3.81. The molecule has 0 aromatic carbocycles. The van der Waals surface area contributed by atoms with Crippen LogP contribution in [-0.4, -0.2) is 5.97 Å². The fraction of sp³-hybridized carbons (Fsp3) is 0.833. The minimum Gasteiger partial charge on any atom is -0.550 e. The van der Waals surface area contributed by atoms with Crippen LogP contribution in [0.25, 0.3) is 0 Å². The fourth-order valence-corrected chi connectivity index (χ4v) is 1.16. The first-order valence-electron chi connectivity index (χ1n) is 3.01. The van der Waals surface area contributed by atoms with E-state index in [1.165, 1.54) is 0 Å². The molecule has 0 radical (unpaired) electrons. The summed E-state index contributed by atoms with van der Waals surface area (Å²) >= 11 is 0. The Hall–Kier alpha value is 0.470. The number of hydrogen-bond acceptors (Lipinski definition) is 2. The van der Waals surface area contributed by atoms with Crippen molar-refractivity contribution in [2.45, 2.75) is 25.7 Å². The summed E-state index contributed by atoms with van der Waals surface area (Å²) in [5.74, 6) is -0.988. The van der Waals surface area contributed by atoms with Gasteiger partial charge in [-0.1, -0.05) is 12.8 Å². The van der Waals surface area contributed by atoms with E-state index in [-0.39, 0.29) is 35.5 Å². The van der Waals surface area contributed by atoms with Crippen molar-refractivity contribution in [3.05, 3.63) is 0 Å². The standard InChI is InChI=1S/C6H10O2.Na/c7-6(8)5-3-1-2-4-5;/h5H,1-4H2,(H,7,8);/q;+1/p-1. The van der Waals surface area contributed by atoms with Crippen LogP contribution in [0.4, 0.5) is 0 Å². The topological polar surface area (TPSA) is 40.1 Å². The van der Waals surface area contributed by atoms with Gasteiger partial charge in [-0.05, 0) is 18.8 Å². The molecule has 9 heavy (non-hydrogen) atoms. The number of carboxylic acids is 1. The van der Waals surface area contributed by atoms with Gasteiger partial charge in [0.1, 0.15) is 0 Å². The largest absolute Gasteiger partial charge is 1.00 e. The van der Waals surface area contributed by atoms with Crippen LogP contribution in [0.15, 0.2) is 0 Å². The summed E-state index contributed by atoms with van der Waals surface area (Å²) in [7, 11) is 0. The van der Waals surface area contributed by atoms with Crippen molar-refractivity contribution in [1.29, 1.82) is 0 Å². The van der Waals surface area contributed by atoms with E-state index in [0.717, 1.165) is 25.7 Å². The van der Waals surface area contributed by atoms with E-state index >= 15 is 0 Å². The summed E-state index contributed by atoms with van der Waals surface area (Å²) in [4.78, 5) is 10.1. The van der Waals surface area contributed by atoms with E-state index < -0.39 is 5.97 Å². The van der Waals surface area contributed by atoms with Crippen LogP contribution < -0.4 is 34.7 Å². The van der Waals surface area contributed by atoms with Crippen molar-refractivity contribution in [3.8, 4) is 0 Å². The first kappa shape index (κ1) is 9.47. The third-order valence-electron chi connectivity index (χ3n) is 1.69. The van der Waals surface area contributed by atoms with Gasteiger partial charge in [-0.15, -0.1) is 0 Å². The summed E-state index contributed by atoms with van der Waals surface area (Å²) in [6, 6.07) is 0. The molecular formula is C6H9NaO2. The van der Waals surface area contributed by atoms with E-state index in [4.69, 9.17) is 0 Å². The number of rotatable bonds is 1. The molecule has 0 N–H and O–H groups in total. The van der Waals surface area contributed by atoms with Gasteiger partial charge in [-0.25, -0.2) is 0 Å². The SMILES string of the molecule is O=C([O-])C1CCCC1.[Na+]. The van der Waals surface area contributed by atoms with E-state index in [2.05, 4.69) is 0 Å². The van der Waals surface area contributed by atoms with Crippen LogP contribution in [0.2, 0.25) is 0 Å². The molecule has 0 spiro atoms. The Morgan fingerprint density at radius 2 is 1.78 bits per heavy atom. The van der Waals surface area contributed by atoms with Gasteiger partial charge in [0.15, 0.2) is 0 Å². The van der Waals surface area contributed by atoms with Crippen LogP contribution >= 0.6 is 0 Å². The van der Waals surface area contributed by atoms with E-state index in [1.54, 1.807) is 0 Å². The molecule has 0 saturated heterocycles. The molecule has 0 heterocycles. The average Bonchev–Trinajstić information content (AvgIpc) is 2.12. The zero-order chi connectivity index (χ0) is 5.98. The van der Waals surface area contributed by atoms with E-state index in [1.807, 2.05) is 0 Å². The maximum atomic E-state index is 10.1. The second-order valence-corrected chi connectivity index (χ2v) is 2.30. The molecule has 0 aromatic heterocycles. The Labute approximate surface area is 76.9 Å².